The minimum atomic E-state index is -0.203. The van der Waals surface area contributed by atoms with Gasteiger partial charge in [0.2, 0.25) is 0 Å². The number of rotatable bonds is 2. The molecule has 0 radical (unpaired) electrons. The normalized spacial score (nSPS) is 17.6. The lowest BCUT2D eigenvalue weighted by atomic mass is 9.86. The van der Waals surface area contributed by atoms with Crippen LogP contribution in [0.4, 0.5) is 5.69 Å². The third kappa shape index (κ3) is 4.13. The van der Waals surface area contributed by atoms with Crippen molar-refractivity contribution in [3.05, 3.63) is 64.1 Å². The van der Waals surface area contributed by atoms with Gasteiger partial charge in [0.15, 0.2) is 0 Å². The molecule has 2 amide bonds. The van der Waals surface area contributed by atoms with Crippen molar-refractivity contribution in [2.75, 3.05) is 18.1 Å². The van der Waals surface area contributed by atoms with E-state index in [0.717, 1.165) is 5.56 Å². The molecular formula is C23H22N2O3S2. The maximum Gasteiger partial charge on any atom is 0.263 e. The molecule has 0 saturated carbocycles. The number of thioether (sulfide) groups is 1. The van der Waals surface area contributed by atoms with E-state index < -0.39 is 0 Å². The molecule has 1 N–H and O–H groups in total. The third-order valence-corrected chi connectivity index (χ3v) is 6.19. The van der Waals surface area contributed by atoms with Crippen LogP contribution >= 0.6 is 24.0 Å². The van der Waals surface area contributed by atoms with Gasteiger partial charge >= 0.3 is 0 Å². The molecule has 0 aromatic heterocycles. The van der Waals surface area contributed by atoms with Gasteiger partial charge in [0.1, 0.15) is 16.7 Å². The topological polar surface area (TPSA) is 58.6 Å². The Morgan fingerprint density at radius 3 is 2.57 bits per heavy atom. The Balaban J connectivity index is 1.64. The molecule has 2 aliphatic heterocycles. The van der Waals surface area contributed by atoms with E-state index in [1.54, 1.807) is 11.0 Å². The van der Waals surface area contributed by atoms with Crippen molar-refractivity contribution < 1.29 is 14.3 Å². The van der Waals surface area contributed by atoms with E-state index in [9.17, 15) is 9.59 Å². The molecule has 2 aromatic carbocycles. The van der Waals surface area contributed by atoms with Crippen molar-refractivity contribution in [1.29, 1.82) is 0 Å². The molecule has 1 saturated heterocycles. The van der Waals surface area contributed by atoms with Gasteiger partial charge in [-0.1, -0.05) is 63.0 Å². The number of hydrogen-bond donors (Lipinski definition) is 1. The molecule has 0 unspecified atom stereocenters. The first-order valence-electron chi connectivity index (χ1n) is 9.66. The minimum absolute atomic E-state index is 0.0302. The van der Waals surface area contributed by atoms with Crippen LogP contribution in [0.15, 0.2) is 47.4 Å². The van der Waals surface area contributed by atoms with Crippen LogP contribution in [0.1, 0.15) is 42.3 Å². The summed E-state index contributed by atoms with van der Waals surface area (Å²) in [5.74, 6) is 0.381. The number of anilines is 1. The van der Waals surface area contributed by atoms with Crippen molar-refractivity contribution in [3.8, 4) is 5.75 Å². The fraction of sp³-hybridized carbons (Fsp3) is 0.261. The van der Waals surface area contributed by atoms with Gasteiger partial charge < -0.3 is 15.0 Å². The number of ether oxygens (including phenoxy) is 1. The Morgan fingerprint density at radius 1 is 1.20 bits per heavy atom. The van der Waals surface area contributed by atoms with Crippen LogP contribution in [0.25, 0.3) is 6.08 Å². The molecule has 0 spiro atoms. The second-order valence-corrected chi connectivity index (χ2v) is 9.93. The van der Waals surface area contributed by atoms with Gasteiger partial charge in [-0.2, -0.15) is 0 Å². The Kier molecular flexibility index (Phi) is 5.42. The molecule has 2 aliphatic rings. The van der Waals surface area contributed by atoms with E-state index in [2.05, 4.69) is 26.1 Å². The highest BCUT2D eigenvalue weighted by molar-refractivity contribution is 8.26. The first-order chi connectivity index (χ1) is 14.2. The smallest absolute Gasteiger partial charge is 0.263 e. The quantitative estimate of drug-likeness (QED) is 0.552. The van der Waals surface area contributed by atoms with Crippen LogP contribution in [-0.4, -0.2) is 29.3 Å². The Labute approximate surface area is 185 Å². The lowest BCUT2D eigenvalue weighted by Gasteiger charge is -2.30. The first kappa shape index (κ1) is 20.6. The van der Waals surface area contributed by atoms with Crippen molar-refractivity contribution >= 4 is 51.9 Å². The van der Waals surface area contributed by atoms with Crippen LogP contribution in [0.5, 0.6) is 5.75 Å². The summed E-state index contributed by atoms with van der Waals surface area (Å²) in [7, 11) is 0. The van der Waals surface area contributed by atoms with E-state index in [-0.39, 0.29) is 17.2 Å². The zero-order valence-corrected chi connectivity index (χ0v) is 18.7. The second kappa shape index (κ2) is 7.89. The molecule has 7 heteroatoms. The number of carbonyl (C=O) groups is 2. The number of amides is 2. The Hall–Kier alpha value is -2.64. The van der Waals surface area contributed by atoms with E-state index >= 15 is 0 Å². The molecule has 0 bridgehead atoms. The van der Waals surface area contributed by atoms with Gasteiger partial charge in [-0.05, 0) is 46.9 Å². The van der Waals surface area contributed by atoms with Crippen molar-refractivity contribution in [2.24, 2.45) is 0 Å². The molecule has 2 heterocycles. The summed E-state index contributed by atoms with van der Waals surface area (Å²) in [4.78, 5) is 27.5. The van der Waals surface area contributed by atoms with E-state index in [1.165, 1.54) is 17.3 Å². The van der Waals surface area contributed by atoms with Crippen LogP contribution in [-0.2, 0) is 10.2 Å². The average Bonchev–Trinajstić information content (AvgIpc) is 3.03. The summed E-state index contributed by atoms with van der Waals surface area (Å²) in [5.41, 5.74) is 3.35. The number of thiocarbonyl (C=S) groups is 1. The molecule has 0 atom stereocenters. The summed E-state index contributed by atoms with van der Waals surface area (Å²) in [6.45, 7) is 7.34. The lowest BCUT2D eigenvalue weighted by molar-refractivity contribution is -0.115. The average molecular weight is 439 g/mol. The summed E-state index contributed by atoms with van der Waals surface area (Å²) >= 11 is 6.28. The first-order valence-corrected chi connectivity index (χ1v) is 10.9. The fourth-order valence-corrected chi connectivity index (χ4v) is 4.42. The molecular weight excluding hydrogens is 416 g/mol. The molecule has 154 valence electrons. The molecule has 1 fully saturated rings. The molecule has 4 rings (SSSR count). The summed E-state index contributed by atoms with van der Waals surface area (Å²) in [6, 6.07) is 13.3. The Bertz CT molecular complexity index is 1070. The summed E-state index contributed by atoms with van der Waals surface area (Å²) in [5, 5.41) is 2.61. The zero-order valence-electron chi connectivity index (χ0n) is 17.0. The fourth-order valence-electron chi connectivity index (χ4n) is 3.38. The molecule has 30 heavy (non-hydrogen) atoms. The van der Waals surface area contributed by atoms with Gasteiger partial charge in [0.25, 0.3) is 11.8 Å². The summed E-state index contributed by atoms with van der Waals surface area (Å²) in [6.07, 6.45) is 1.77. The maximum atomic E-state index is 13.2. The van der Waals surface area contributed by atoms with Crippen LogP contribution in [0, 0.1) is 0 Å². The van der Waals surface area contributed by atoms with E-state index in [4.69, 9.17) is 17.0 Å². The standard InChI is InChI=1S/C23H22N2O3S2/c1-23(2,3)16-7-5-15(6-8-16)21(27)25-10-11-28-18-9-4-14(12-17(18)25)13-19-20(26)24-22(29)30-19/h4-9,12-13H,10-11H2,1-3H3,(H,24,26,29). The minimum Gasteiger partial charge on any atom is -0.490 e. The second-order valence-electron chi connectivity index (χ2n) is 8.21. The number of nitrogens with zero attached hydrogens (tertiary/aromatic N) is 1. The SMILES string of the molecule is CC(C)(C)c1ccc(C(=O)N2CCOc3ccc(C=C4SC(=S)NC4=O)cc32)cc1. The molecule has 2 aromatic rings. The van der Waals surface area contributed by atoms with Gasteiger partial charge in [-0.3, -0.25) is 9.59 Å². The Morgan fingerprint density at radius 2 is 1.93 bits per heavy atom. The number of hydrogen-bond acceptors (Lipinski definition) is 5. The van der Waals surface area contributed by atoms with Crippen molar-refractivity contribution in [2.45, 2.75) is 26.2 Å². The van der Waals surface area contributed by atoms with Gasteiger partial charge in [0.05, 0.1) is 17.1 Å². The van der Waals surface area contributed by atoms with Crippen LogP contribution < -0.4 is 15.0 Å². The molecule has 0 aliphatic carbocycles. The molecule has 5 nitrogen and oxygen atoms in total. The van der Waals surface area contributed by atoms with Gasteiger partial charge in [-0.25, -0.2) is 0 Å². The van der Waals surface area contributed by atoms with Gasteiger partial charge in [0, 0.05) is 5.56 Å². The number of carbonyl (C=O) groups excluding carboxylic acids is 2. The van der Waals surface area contributed by atoms with E-state index in [0.29, 0.717) is 39.4 Å². The lowest BCUT2D eigenvalue weighted by Crippen LogP contribution is -2.38. The highest BCUT2D eigenvalue weighted by Crippen LogP contribution is 2.35. The highest BCUT2D eigenvalue weighted by Gasteiger charge is 2.26. The predicted molar refractivity (Wildman–Crippen MR) is 125 cm³/mol. The number of fused-ring (bicyclic) bond motifs is 1. The number of nitrogens with one attached hydrogen (secondary N) is 1. The number of benzene rings is 2. The third-order valence-electron chi connectivity index (χ3n) is 5.03. The summed E-state index contributed by atoms with van der Waals surface area (Å²) < 4.78 is 6.19. The van der Waals surface area contributed by atoms with E-state index in [1.807, 2.05) is 42.5 Å². The maximum absolute atomic E-state index is 13.2. The monoisotopic (exact) mass is 438 g/mol. The van der Waals surface area contributed by atoms with Crippen molar-refractivity contribution in [3.63, 3.8) is 0 Å². The highest BCUT2D eigenvalue weighted by atomic mass is 32.2. The largest absolute Gasteiger partial charge is 0.490 e. The van der Waals surface area contributed by atoms with Crippen LogP contribution in [0.3, 0.4) is 0 Å². The van der Waals surface area contributed by atoms with Crippen LogP contribution in [0.2, 0.25) is 0 Å². The van der Waals surface area contributed by atoms with Gasteiger partial charge in [-0.15, -0.1) is 0 Å². The van der Waals surface area contributed by atoms with Crippen molar-refractivity contribution in [1.82, 2.24) is 5.32 Å². The predicted octanol–water partition coefficient (Wildman–Crippen LogP) is 4.51. The zero-order chi connectivity index (χ0) is 21.5.